The van der Waals surface area contributed by atoms with E-state index in [4.69, 9.17) is 16.3 Å². The van der Waals surface area contributed by atoms with E-state index in [1.54, 1.807) is 23.0 Å². The van der Waals surface area contributed by atoms with E-state index in [1.165, 1.54) is 0 Å². The first-order valence-corrected chi connectivity index (χ1v) is 7.57. The Balaban J connectivity index is 1.53. The van der Waals surface area contributed by atoms with Gasteiger partial charge in [0.15, 0.2) is 0 Å². The Kier molecular flexibility index (Phi) is 4.74. The molecule has 1 aromatic heterocycles. The van der Waals surface area contributed by atoms with Gasteiger partial charge in [0, 0.05) is 17.4 Å². The van der Waals surface area contributed by atoms with Crippen LogP contribution in [0.15, 0.2) is 67.0 Å². The van der Waals surface area contributed by atoms with E-state index < -0.39 is 0 Å². The number of nitrogens with zero attached hydrogens (tertiary/aromatic N) is 2. The van der Waals surface area contributed by atoms with E-state index in [2.05, 4.69) is 5.10 Å². The summed E-state index contributed by atoms with van der Waals surface area (Å²) in [6.45, 7) is 0.256. The predicted octanol–water partition coefficient (Wildman–Crippen LogP) is 3.81. The molecule has 23 heavy (non-hydrogen) atoms. The SMILES string of the molecule is O=C(Cc1ccc(Cl)cc1)OCc1ccc(-n2cccn2)cc1. The van der Waals surface area contributed by atoms with Gasteiger partial charge >= 0.3 is 5.97 Å². The largest absolute Gasteiger partial charge is 0.461 e. The van der Waals surface area contributed by atoms with E-state index in [1.807, 2.05) is 48.7 Å². The molecule has 0 N–H and O–H groups in total. The Morgan fingerprint density at radius 3 is 2.39 bits per heavy atom. The standard InChI is InChI=1S/C18H15ClN2O2/c19-16-6-2-14(3-7-16)12-18(22)23-13-15-4-8-17(9-5-15)21-11-1-10-20-21/h1-11H,12-13H2. The highest BCUT2D eigenvalue weighted by molar-refractivity contribution is 6.30. The molecule has 0 aliphatic carbocycles. The van der Waals surface area contributed by atoms with Crippen molar-refractivity contribution in [1.82, 2.24) is 9.78 Å². The van der Waals surface area contributed by atoms with Crippen molar-refractivity contribution < 1.29 is 9.53 Å². The summed E-state index contributed by atoms with van der Waals surface area (Å²) in [7, 11) is 0. The van der Waals surface area contributed by atoms with E-state index in [0.29, 0.717) is 5.02 Å². The maximum atomic E-state index is 11.9. The molecule has 3 rings (SSSR count). The number of esters is 1. The van der Waals surface area contributed by atoms with Crippen molar-refractivity contribution in [3.8, 4) is 5.69 Å². The molecule has 0 bridgehead atoms. The zero-order chi connectivity index (χ0) is 16.1. The van der Waals surface area contributed by atoms with E-state index in [0.717, 1.165) is 16.8 Å². The summed E-state index contributed by atoms with van der Waals surface area (Å²) in [5, 5.41) is 4.82. The van der Waals surface area contributed by atoms with Gasteiger partial charge in [-0.15, -0.1) is 0 Å². The third kappa shape index (κ3) is 4.20. The number of carbonyl (C=O) groups is 1. The molecule has 0 fully saturated rings. The smallest absolute Gasteiger partial charge is 0.310 e. The molecular weight excluding hydrogens is 312 g/mol. The number of carbonyl (C=O) groups excluding carboxylic acids is 1. The lowest BCUT2D eigenvalue weighted by Crippen LogP contribution is -2.08. The maximum absolute atomic E-state index is 11.9. The van der Waals surface area contributed by atoms with Crippen LogP contribution in [0.4, 0.5) is 0 Å². The van der Waals surface area contributed by atoms with Crippen molar-refractivity contribution in [2.75, 3.05) is 0 Å². The molecule has 0 saturated carbocycles. The molecule has 0 saturated heterocycles. The van der Waals surface area contributed by atoms with Gasteiger partial charge in [0.05, 0.1) is 12.1 Å². The second-order valence-corrected chi connectivity index (χ2v) is 5.52. The maximum Gasteiger partial charge on any atom is 0.310 e. The van der Waals surface area contributed by atoms with Crippen LogP contribution in [0.2, 0.25) is 5.02 Å². The third-order valence-corrected chi connectivity index (χ3v) is 3.62. The van der Waals surface area contributed by atoms with Gasteiger partial charge < -0.3 is 4.74 Å². The predicted molar refractivity (Wildman–Crippen MR) is 88.5 cm³/mol. The highest BCUT2D eigenvalue weighted by Crippen LogP contribution is 2.12. The lowest BCUT2D eigenvalue weighted by molar-refractivity contribution is -0.144. The second-order valence-electron chi connectivity index (χ2n) is 5.08. The molecule has 0 spiro atoms. The van der Waals surface area contributed by atoms with Crippen LogP contribution < -0.4 is 0 Å². The Bertz CT molecular complexity index is 766. The van der Waals surface area contributed by atoms with Crippen molar-refractivity contribution >= 4 is 17.6 Å². The van der Waals surface area contributed by atoms with Crippen molar-refractivity contribution in [3.05, 3.63) is 83.1 Å². The molecule has 0 radical (unpaired) electrons. The fourth-order valence-electron chi connectivity index (χ4n) is 2.15. The summed E-state index contributed by atoms with van der Waals surface area (Å²) in [6, 6.07) is 16.8. The van der Waals surface area contributed by atoms with Gasteiger partial charge in [-0.2, -0.15) is 5.10 Å². The minimum Gasteiger partial charge on any atom is -0.461 e. The van der Waals surface area contributed by atoms with Gasteiger partial charge in [0.25, 0.3) is 0 Å². The molecule has 4 nitrogen and oxygen atoms in total. The lowest BCUT2D eigenvalue weighted by atomic mass is 10.1. The number of rotatable bonds is 5. The number of benzene rings is 2. The first-order valence-electron chi connectivity index (χ1n) is 7.20. The van der Waals surface area contributed by atoms with Gasteiger partial charge in [0.1, 0.15) is 6.61 Å². The van der Waals surface area contributed by atoms with Gasteiger partial charge in [0.2, 0.25) is 0 Å². The highest BCUT2D eigenvalue weighted by atomic mass is 35.5. The molecule has 3 aromatic rings. The van der Waals surface area contributed by atoms with Crippen molar-refractivity contribution in [1.29, 1.82) is 0 Å². The normalized spacial score (nSPS) is 10.5. The molecule has 1 heterocycles. The van der Waals surface area contributed by atoms with E-state index >= 15 is 0 Å². The minimum absolute atomic E-state index is 0.239. The number of hydrogen-bond acceptors (Lipinski definition) is 3. The van der Waals surface area contributed by atoms with Gasteiger partial charge in [-0.25, -0.2) is 4.68 Å². The molecule has 0 aliphatic rings. The second kappa shape index (κ2) is 7.11. The fourth-order valence-corrected chi connectivity index (χ4v) is 2.28. The molecule has 2 aromatic carbocycles. The Morgan fingerprint density at radius 2 is 1.74 bits per heavy atom. The zero-order valence-corrected chi connectivity index (χ0v) is 13.1. The Hall–Kier alpha value is -2.59. The number of ether oxygens (including phenoxy) is 1. The molecule has 0 aliphatic heterocycles. The van der Waals surface area contributed by atoms with E-state index in [-0.39, 0.29) is 19.0 Å². The lowest BCUT2D eigenvalue weighted by Gasteiger charge is -2.07. The Labute approximate surface area is 139 Å². The third-order valence-electron chi connectivity index (χ3n) is 3.37. The van der Waals surface area contributed by atoms with Crippen molar-refractivity contribution in [2.24, 2.45) is 0 Å². The topological polar surface area (TPSA) is 44.1 Å². The first kappa shape index (κ1) is 15.3. The molecule has 0 amide bonds. The molecule has 116 valence electrons. The molecular formula is C18H15ClN2O2. The molecule has 5 heteroatoms. The van der Waals surface area contributed by atoms with Crippen molar-refractivity contribution in [3.63, 3.8) is 0 Å². The minimum atomic E-state index is -0.261. The van der Waals surface area contributed by atoms with Crippen LogP contribution in [-0.2, 0) is 22.6 Å². The number of hydrogen-bond donors (Lipinski definition) is 0. The van der Waals surface area contributed by atoms with Gasteiger partial charge in [-0.05, 0) is 41.5 Å². The highest BCUT2D eigenvalue weighted by Gasteiger charge is 2.06. The van der Waals surface area contributed by atoms with Gasteiger partial charge in [-0.3, -0.25) is 4.79 Å². The average Bonchev–Trinajstić information content (AvgIpc) is 3.10. The summed E-state index contributed by atoms with van der Waals surface area (Å²) in [4.78, 5) is 11.9. The molecule has 0 unspecified atom stereocenters. The van der Waals surface area contributed by atoms with Crippen LogP contribution in [0.5, 0.6) is 0 Å². The first-order chi connectivity index (χ1) is 11.2. The average molecular weight is 327 g/mol. The summed E-state index contributed by atoms with van der Waals surface area (Å²) in [6.07, 6.45) is 3.84. The summed E-state index contributed by atoms with van der Waals surface area (Å²) >= 11 is 5.82. The van der Waals surface area contributed by atoms with Crippen LogP contribution in [0, 0.1) is 0 Å². The van der Waals surface area contributed by atoms with E-state index in [9.17, 15) is 4.79 Å². The van der Waals surface area contributed by atoms with Crippen LogP contribution in [0.1, 0.15) is 11.1 Å². The van der Waals surface area contributed by atoms with Crippen LogP contribution in [0.25, 0.3) is 5.69 Å². The van der Waals surface area contributed by atoms with Gasteiger partial charge in [-0.1, -0.05) is 35.9 Å². The summed E-state index contributed by atoms with van der Waals surface area (Å²) in [5.74, 6) is -0.261. The van der Waals surface area contributed by atoms with Crippen molar-refractivity contribution in [2.45, 2.75) is 13.0 Å². The van der Waals surface area contributed by atoms with Crippen LogP contribution in [0.3, 0.4) is 0 Å². The monoisotopic (exact) mass is 326 g/mol. The summed E-state index contributed by atoms with van der Waals surface area (Å²) < 4.78 is 7.07. The van der Waals surface area contributed by atoms with Crippen LogP contribution in [-0.4, -0.2) is 15.7 Å². The summed E-state index contributed by atoms with van der Waals surface area (Å²) in [5.41, 5.74) is 2.78. The quantitative estimate of drug-likeness (QED) is 0.670. The zero-order valence-electron chi connectivity index (χ0n) is 12.4. The number of aromatic nitrogens is 2. The molecule has 0 atom stereocenters. The number of halogens is 1. The Morgan fingerprint density at radius 1 is 1.04 bits per heavy atom. The van der Waals surface area contributed by atoms with Crippen LogP contribution >= 0.6 is 11.6 Å². The fraction of sp³-hybridized carbons (Fsp3) is 0.111.